The van der Waals surface area contributed by atoms with E-state index in [1.165, 1.54) is 18.8 Å². The van der Waals surface area contributed by atoms with Crippen LogP contribution in [0.1, 0.15) is 26.2 Å². The highest BCUT2D eigenvalue weighted by atomic mass is 32.2. The monoisotopic (exact) mass is 349 g/mol. The summed E-state index contributed by atoms with van der Waals surface area (Å²) in [5, 5.41) is 4.99. The molecule has 0 saturated carbocycles. The van der Waals surface area contributed by atoms with Crippen molar-refractivity contribution >= 4 is 42.6 Å². The van der Waals surface area contributed by atoms with E-state index in [9.17, 15) is 14.4 Å². The van der Waals surface area contributed by atoms with E-state index in [1.54, 1.807) is 4.90 Å². The maximum absolute atomic E-state index is 11.5. The van der Waals surface area contributed by atoms with Gasteiger partial charge in [-0.2, -0.15) is 24.4 Å². The van der Waals surface area contributed by atoms with Gasteiger partial charge >= 0.3 is 0 Å². The molecular weight excluding hydrogens is 322 g/mol. The first-order valence-electron chi connectivity index (χ1n) is 7.45. The van der Waals surface area contributed by atoms with Gasteiger partial charge in [0.15, 0.2) is 0 Å². The van der Waals surface area contributed by atoms with Gasteiger partial charge in [-0.05, 0) is 6.42 Å². The Morgan fingerprint density at radius 2 is 2.05 bits per heavy atom. The molecule has 0 aromatic carbocycles. The fraction of sp³-hybridized carbons (Fsp3) is 0.786. The van der Waals surface area contributed by atoms with E-state index in [1.807, 2.05) is 0 Å². The number of carbonyl (C=O) groups excluding carboxylic acids is 3. The van der Waals surface area contributed by atoms with Crippen LogP contribution in [0.3, 0.4) is 0 Å². The lowest BCUT2D eigenvalue weighted by Crippen LogP contribution is -2.36. The van der Waals surface area contributed by atoms with Gasteiger partial charge in [-0.15, -0.1) is 0 Å². The highest BCUT2D eigenvalue weighted by Crippen LogP contribution is 2.09. The average Bonchev–Trinajstić information content (AvgIpc) is 2.51. The minimum Gasteiger partial charge on any atom is -0.358 e. The highest BCUT2D eigenvalue weighted by Gasteiger charge is 2.11. The van der Waals surface area contributed by atoms with Gasteiger partial charge in [0, 0.05) is 31.1 Å². The third-order valence-electron chi connectivity index (χ3n) is 2.91. The zero-order valence-electron chi connectivity index (χ0n) is 13.3. The Balaban J connectivity index is 3.78. The van der Waals surface area contributed by atoms with Crippen LogP contribution in [-0.4, -0.2) is 66.6 Å². The molecule has 0 heterocycles. The second-order valence-corrected chi connectivity index (χ2v) is 6.69. The SMILES string of the molecule is CCCCCN(C=O)C[C@H](S)CSCC(=O)NCC(=O)NC. The van der Waals surface area contributed by atoms with Gasteiger partial charge in [0.1, 0.15) is 0 Å². The summed E-state index contributed by atoms with van der Waals surface area (Å²) in [4.78, 5) is 35.2. The van der Waals surface area contributed by atoms with Crippen molar-refractivity contribution in [1.29, 1.82) is 0 Å². The zero-order chi connectivity index (χ0) is 16.8. The van der Waals surface area contributed by atoms with Crippen molar-refractivity contribution in [1.82, 2.24) is 15.5 Å². The molecule has 0 rings (SSSR count). The molecule has 0 aliphatic carbocycles. The second kappa shape index (κ2) is 13.8. The predicted octanol–water partition coefficient (Wildman–Crippen LogP) is 0.529. The number of carbonyl (C=O) groups is 3. The topological polar surface area (TPSA) is 78.5 Å². The Morgan fingerprint density at radius 1 is 1.32 bits per heavy atom. The molecule has 0 radical (unpaired) electrons. The lowest BCUT2D eigenvalue weighted by Gasteiger charge is -2.21. The molecule has 0 aliphatic rings. The molecule has 0 fully saturated rings. The summed E-state index contributed by atoms with van der Waals surface area (Å²) in [6, 6.07) is 0. The standard InChI is InChI=1S/C14H27N3O3S2/c1-3-4-5-6-17(11-18)8-12(21)9-22-10-14(20)16-7-13(19)15-2/h11-12,21H,3-10H2,1-2H3,(H,15,19)(H,16,20)/t12-/m0/s1. The molecule has 0 unspecified atom stereocenters. The molecule has 0 aromatic heterocycles. The van der Waals surface area contributed by atoms with Crippen molar-refractivity contribution < 1.29 is 14.4 Å². The van der Waals surface area contributed by atoms with Crippen molar-refractivity contribution in [2.45, 2.75) is 31.4 Å². The Hall–Kier alpha value is -0.890. The number of thiol groups is 1. The largest absolute Gasteiger partial charge is 0.358 e. The molecule has 8 heteroatoms. The minimum absolute atomic E-state index is 0.00343. The molecule has 22 heavy (non-hydrogen) atoms. The van der Waals surface area contributed by atoms with Crippen LogP contribution in [0.15, 0.2) is 0 Å². The molecular formula is C14H27N3O3S2. The summed E-state index contributed by atoms with van der Waals surface area (Å²) in [7, 11) is 1.52. The summed E-state index contributed by atoms with van der Waals surface area (Å²) in [6.07, 6.45) is 4.10. The minimum atomic E-state index is -0.223. The van der Waals surface area contributed by atoms with E-state index in [0.717, 1.165) is 32.2 Å². The molecule has 0 saturated heterocycles. The molecule has 3 amide bonds. The molecule has 128 valence electrons. The summed E-state index contributed by atoms with van der Waals surface area (Å²) in [6.45, 7) is 3.46. The van der Waals surface area contributed by atoms with E-state index >= 15 is 0 Å². The number of thioether (sulfide) groups is 1. The lowest BCUT2D eigenvalue weighted by atomic mass is 10.2. The maximum atomic E-state index is 11.5. The molecule has 0 aromatic rings. The molecule has 0 spiro atoms. The van der Waals surface area contributed by atoms with Crippen LogP contribution in [0.2, 0.25) is 0 Å². The molecule has 0 aliphatic heterocycles. The zero-order valence-corrected chi connectivity index (χ0v) is 15.0. The quantitative estimate of drug-likeness (QED) is 0.257. The van der Waals surface area contributed by atoms with Crippen LogP contribution < -0.4 is 10.6 Å². The van der Waals surface area contributed by atoms with Crippen LogP contribution in [0.25, 0.3) is 0 Å². The van der Waals surface area contributed by atoms with Gasteiger partial charge in [0.25, 0.3) is 0 Å². The van der Waals surface area contributed by atoms with E-state index in [0.29, 0.717) is 12.3 Å². The molecule has 1 atom stereocenters. The first-order chi connectivity index (χ1) is 10.5. The average molecular weight is 350 g/mol. The van der Waals surface area contributed by atoms with Gasteiger partial charge in [-0.3, -0.25) is 14.4 Å². The summed E-state index contributed by atoms with van der Waals surface area (Å²) >= 11 is 5.90. The van der Waals surface area contributed by atoms with Crippen molar-refractivity contribution in [2.75, 3.05) is 38.2 Å². The number of likely N-dealkylation sites (N-methyl/N-ethyl adjacent to an activating group) is 1. The smallest absolute Gasteiger partial charge is 0.239 e. The van der Waals surface area contributed by atoms with E-state index in [4.69, 9.17) is 0 Å². The van der Waals surface area contributed by atoms with Crippen molar-refractivity contribution in [3.05, 3.63) is 0 Å². The second-order valence-electron chi connectivity index (χ2n) is 4.93. The normalized spacial score (nSPS) is 11.6. The van der Waals surface area contributed by atoms with Gasteiger partial charge in [-0.1, -0.05) is 19.8 Å². The number of nitrogens with zero attached hydrogens (tertiary/aromatic N) is 1. The third kappa shape index (κ3) is 11.7. The van der Waals surface area contributed by atoms with Crippen LogP contribution in [0.5, 0.6) is 0 Å². The summed E-state index contributed by atoms with van der Waals surface area (Å²) < 4.78 is 0. The number of rotatable bonds is 13. The Bertz CT molecular complexity index is 343. The third-order valence-corrected chi connectivity index (χ3v) is 4.61. The van der Waals surface area contributed by atoms with E-state index < -0.39 is 0 Å². The van der Waals surface area contributed by atoms with Crippen molar-refractivity contribution in [3.63, 3.8) is 0 Å². The van der Waals surface area contributed by atoms with Crippen LogP contribution >= 0.6 is 24.4 Å². The van der Waals surface area contributed by atoms with Crippen LogP contribution in [0, 0.1) is 0 Å². The Morgan fingerprint density at radius 3 is 2.64 bits per heavy atom. The highest BCUT2D eigenvalue weighted by molar-refractivity contribution is 8.00. The maximum Gasteiger partial charge on any atom is 0.239 e. The van der Waals surface area contributed by atoms with Gasteiger partial charge < -0.3 is 15.5 Å². The number of nitrogens with one attached hydrogen (secondary N) is 2. The fourth-order valence-electron chi connectivity index (χ4n) is 1.68. The molecule has 0 bridgehead atoms. The van der Waals surface area contributed by atoms with E-state index in [-0.39, 0.29) is 29.4 Å². The van der Waals surface area contributed by atoms with Gasteiger partial charge in [0.2, 0.25) is 18.2 Å². The number of hydrogen-bond acceptors (Lipinski definition) is 5. The molecule has 6 nitrogen and oxygen atoms in total. The Labute approximate surface area is 142 Å². The van der Waals surface area contributed by atoms with Crippen LogP contribution in [0.4, 0.5) is 0 Å². The van der Waals surface area contributed by atoms with E-state index in [2.05, 4.69) is 30.2 Å². The van der Waals surface area contributed by atoms with Crippen molar-refractivity contribution in [3.8, 4) is 0 Å². The fourth-order valence-corrected chi connectivity index (χ4v) is 2.99. The first-order valence-corrected chi connectivity index (χ1v) is 9.13. The van der Waals surface area contributed by atoms with Crippen LogP contribution in [-0.2, 0) is 14.4 Å². The lowest BCUT2D eigenvalue weighted by molar-refractivity contribution is -0.124. The predicted molar refractivity (Wildman–Crippen MR) is 94.3 cm³/mol. The first kappa shape index (κ1) is 21.1. The summed E-state index contributed by atoms with van der Waals surface area (Å²) in [5.74, 6) is 0.558. The summed E-state index contributed by atoms with van der Waals surface area (Å²) in [5.41, 5.74) is 0. The molecule has 2 N–H and O–H groups in total. The van der Waals surface area contributed by atoms with Gasteiger partial charge in [0.05, 0.1) is 12.3 Å². The number of amides is 3. The van der Waals surface area contributed by atoms with Crippen molar-refractivity contribution in [2.24, 2.45) is 0 Å². The number of hydrogen-bond donors (Lipinski definition) is 3. The Kier molecular flexibility index (Phi) is 13.2. The van der Waals surface area contributed by atoms with Gasteiger partial charge in [-0.25, -0.2) is 0 Å². The number of unbranched alkanes of at least 4 members (excludes halogenated alkanes) is 2.